The molecule has 0 aliphatic rings. The molecular formula is C24H18F6N6O2. The number of amides is 2. The molecule has 2 amide bonds. The lowest BCUT2D eigenvalue weighted by atomic mass is 10.0. The molecule has 0 spiro atoms. The van der Waals surface area contributed by atoms with Gasteiger partial charge in [0.25, 0.3) is 11.8 Å². The molecule has 1 aromatic carbocycles. The average molecular weight is 536 g/mol. The van der Waals surface area contributed by atoms with Gasteiger partial charge in [0, 0.05) is 31.2 Å². The monoisotopic (exact) mass is 536 g/mol. The second-order valence-electron chi connectivity index (χ2n) is 8.03. The molecule has 3 aromatic rings. The van der Waals surface area contributed by atoms with Crippen molar-refractivity contribution in [2.75, 3.05) is 13.6 Å². The summed E-state index contributed by atoms with van der Waals surface area (Å²) in [6.07, 6.45) is -6.38. The van der Waals surface area contributed by atoms with Crippen LogP contribution in [0.25, 0.3) is 11.4 Å². The lowest BCUT2D eigenvalue weighted by Gasteiger charge is -2.18. The highest BCUT2D eigenvalue weighted by atomic mass is 19.4. The number of carbonyl (C=O) groups excluding carboxylic acids is 2. The summed E-state index contributed by atoms with van der Waals surface area (Å²) >= 11 is 0. The molecular weight excluding hydrogens is 518 g/mol. The molecule has 2 heterocycles. The van der Waals surface area contributed by atoms with Gasteiger partial charge in [-0.15, -0.1) is 0 Å². The van der Waals surface area contributed by atoms with Crippen molar-refractivity contribution >= 4 is 11.8 Å². The molecule has 0 aliphatic carbocycles. The number of nitriles is 1. The van der Waals surface area contributed by atoms with Gasteiger partial charge in [0.05, 0.1) is 40.2 Å². The summed E-state index contributed by atoms with van der Waals surface area (Å²) in [5.41, 5.74) is -3.39. The van der Waals surface area contributed by atoms with Crippen LogP contribution in [0.1, 0.15) is 50.5 Å². The fourth-order valence-electron chi connectivity index (χ4n) is 3.36. The first-order chi connectivity index (χ1) is 17.7. The minimum absolute atomic E-state index is 0.0703. The molecule has 2 aromatic heterocycles. The van der Waals surface area contributed by atoms with E-state index in [9.17, 15) is 35.9 Å². The zero-order chi connectivity index (χ0) is 28.3. The first-order valence-corrected chi connectivity index (χ1v) is 10.7. The van der Waals surface area contributed by atoms with Crippen molar-refractivity contribution < 1.29 is 35.9 Å². The summed E-state index contributed by atoms with van der Waals surface area (Å²) < 4.78 is 79.0. The maximum Gasteiger partial charge on any atom is 0.416 e. The molecule has 1 unspecified atom stereocenters. The predicted molar refractivity (Wildman–Crippen MR) is 120 cm³/mol. The normalized spacial score (nSPS) is 12.4. The summed E-state index contributed by atoms with van der Waals surface area (Å²) in [6, 6.07) is 4.29. The van der Waals surface area contributed by atoms with Crippen LogP contribution in [0, 0.1) is 11.3 Å². The van der Waals surface area contributed by atoms with Gasteiger partial charge in [-0.3, -0.25) is 24.5 Å². The number of pyridine rings is 1. The van der Waals surface area contributed by atoms with Gasteiger partial charge >= 0.3 is 12.4 Å². The zero-order valence-electron chi connectivity index (χ0n) is 19.7. The number of benzene rings is 1. The molecule has 0 radical (unpaired) electrons. The van der Waals surface area contributed by atoms with E-state index in [0.29, 0.717) is 12.1 Å². The van der Waals surface area contributed by atoms with E-state index < -0.39 is 46.9 Å². The van der Waals surface area contributed by atoms with E-state index >= 15 is 0 Å². The third kappa shape index (κ3) is 6.41. The second-order valence-corrected chi connectivity index (χ2v) is 8.03. The fraction of sp³-hybridized carbons (Fsp3) is 0.250. The molecule has 1 N–H and O–H groups in total. The number of rotatable bonds is 6. The average Bonchev–Trinajstić information content (AvgIpc) is 2.87. The Hall–Kier alpha value is -4.54. The first kappa shape index (κ1) is 28.0. The number of alkyl halides is 6. The van der Waals surface area contributed by atoms with Crippen LogP contribution in [0.5, 0.6) is 0 Å². The number of hydrogen-bond acceptors (Lipinski definition) is 6. The van der Waals surface area contributed by atoms with Crippen molar-refractivity contribution in [3.63, 3.8) is 0 Å². The summed E-state index contributed by atoms with van der Waals surface area (Å²) in [5.74, 6) is -1.65. The Labute approximate surface area is 212 Å². The SMILES string of the molecule is CC(NC(=O)c1cc(C(F)(F)F)cc(C(F)(F)F)c1)c1nccnc1-c1ccc(C(=O)N(C)CC#N)cn1. The molecule has 0 aliphatic heterocycles. The van der Waals surface area contributed by atoms with Gasteiger partial charge in [-0.2, -0.15) is 31.6 Å². The molecule has 3 rings (SSSR count). The summed E-state index contributed by atoms with van der Waals surface area (Å²) in [7, 11) is 1.44. The minimum atomic E-state index is -5.11. The van der Waals surface area contributed by atoms with E-state index in [2.05, 4.69) is 20.3 Å². The van der Waals surface area contributed by atoms with Crippen molar-refractivity contribution in [3.05, 3.63) is 76.9 Å². The third-order valence-electron chi connectivity index (χ3n) is 5.24. The standard InChI is InChI=1S/C24H18F6N6O2/c1-13(35-21(37)15-9-16(23(25,26)27)11-17(10-15)24(28,29)30)19-20(33-7-6-32-19)18-4-3-14(12-34-18)22(38)36(2)8-5-31/h3-4,6-7,9-13H,8H2,1-2H3,(H,35,37). The Morgan fingerprint density at radius 1 is 0.974 bits per heavy atom. The molecule has 38 heavy (non-hydrogen) atoms. The Bertz CT molecular complexity index is 1350. The highest BCUT2D eigenvalue weighted by Crippen LogP contribution is 2.36. The fourth-order valence-corrected chi connectivity index (χ4v) is 3.36. The van der Waals surface area contributed by atoms with E-state index in [1.165, 1.54) is 49.6 Å². The number of nitrogens with zero attached hydrogens (tertiary/aromatic N) is 5. The summed E-state index contributed by atoms with van der Waals surface area (Å²) in [4.78, 5) is 38.7. The van der Waals surface area contributed by atoms with Gasteiger partial charge in [-0.25, -0.2) is 0 Å². The zero-order valence-corrected chi connectivity index (χ0v) is 19.7. The van der Waals surface area contributed by atoms with Crippen molar-refractivity contribution in [2.24, 2.45) is 0 Å². The maximum absolute atomic E-state index is 13.2. The van der Waals surface area contributed by atoms with E-state index in [-0.39, 0.29) is 35.3 Å². The van der Waals surface area contributed by atoms with E-state index in [1.807, 2.05) is 6.07 Å². The van der Waals surface area contributed by atoms with E-state index in [1.54, 1.807) is 0 Å². The van der Waals surface area contributed by atoms with Gasteiger partial charge in [0.15, 0.2) is 0 Å². The summed E-state index contributed by atoms with van der Waals surface area (Å²) in [6.45, 7) is 1.28. The number of aromatic nitrogens is 3. The van der Waals surface area contributed by atoms with Gasteiger partial charge in [-0.05, 0) is 37.3 Å². The quantitative estimate of drug-likeness (QED) is 0.362. The Kier molecular flexibility index (Phi) is 7.99. The number of carbonyl (C=O) groups is 2. The second kappa shape index (κ2) is 10.8. The van der Waals surface area contributed by atoms with Crippen LogP contribution in [-0.4, -0.2) is 45.3 Å². The van der Waals surface area contributed by atoms with Crippen molar-refractivity contribution in [2.45, 2.75) is 25.3 Å². The molecule has 8 nitrogen and oxygen atoms in total. The van der Waals surface area contributed by atoms with Crippen molar-refractivity contribution in [1.82, 2.24) is 25.2 Å². The van der Waals surface area contributed by atoms with E-state index in [0.717, 1.165) is 0 Å². The highest BCUT2D eigenvalue weighted by molar-refractivity contribution is 5.95. The smallest absolute Gasteiger partial charge is 0.344 e. The first-order valence-electron chi connectivity index (χ1n) is 10.7. The van der Waals surface area contributed by atoms with Crippen molar-refractivity contribution in [3.8, 4) is 17.5 Å². The van der Waals surface area contributed by atoms with Crippen LogP contribution in [0.15, 0.2) is 48.9 Å². The lowest BCUT2D eigenvalue weighted by molar-refractivity contribution is -0.143. The van der Waals surface area contributed by atoms with Crippen LogP contribution < -0.4 is 5.32 Å². The molecule has 0 fully saturated rings. The van der Waals surface area contributed by atoms with Crippen LogP contribution in [0.4, 0.5) is 26.3 Å². The molecule has 1 atom stereocenters. The Morgan fingerprint density at radius 3 is 2.11 bits per heavy atom. The van der Waals surface area contributed by atoms with Crippen LogP contribution in [-0.2, 0) is 12.4 Å². The molecule has 0 bridgehead atoms. The lowest BCUT2D eigenvalue weighted by Crippen LogP contribution is -2.28. The minimum Gasteiger partial charge on any atom is -0.344 e. The van der Waals surface area contributed by atoms with Gasteiger partial charge in [0.2, 0.25) is 0 Å². The highest BCUT2D eigenvalue weighted by Gasteiger charge is 2.37. The largest absolute Gasteiger partial charge is 0.416 e. The number of halogens is 6. The number of hydrogen-bond donors (Lipinski definition) is 1. The topological polar surface area (TPSA) is 112 Å². The van der Waals surface area contributed by atoms with Crippen LogP contribution in [0.2, 0.25) is 0 Å². The Morgan fingerprint density at radius 2 is 1.58 bits per heavy atom. The van der Waals surface area contributed by atoms with Gasteiger partial charge in [0.1, 0.15) is 12.2 Å². The third-order valence-corrected chi connectivity index (χ3v) is 5.24. The van der Waals surface area contributed by atoms with Crippen LogP contribution in [0.3, 0.4) is 0 Å². The summed E-state index contributed by atoms with van der Waals surface area (Å²) in [5, 5.41) is 11.1. The number of nitrogens with one attached hydrogen (secondary N) is 1. The molecule has 0 saturated heterocycles. The molecule has 0 saturated carbocycles. The predicted octanol–water partition coefficient (Wildman–Crippen LogP) is 4.66. The molecule has 198 valence electrons. The van der Waals surface area contributed by atoms with Gasteiger partial charge in [-0.1, -0.05) is 0 Å². The van der Waals surface area contributed by atoms with Crippen molar-refractivity contribution in [1.29, 1.82) is 5.26 Å². The maximum atomic E-state index is 13.2. The van der Waals surface area contributed by atoms with Crippen LogP contribution >= 0.6 is 0 Å². The van der Waals surface area contributed by atoms with E-state index in [4.69, 9.17) is 5.26 Å². The molecule has 14 heteroatoms. The van der Waals surface area contributed by atoms with Gasteiger partial charge < -0.3 is 10.2 Å². The Balaban J connectivity index is 1.89.